The smallest absolute Gasteiger partial charge is 0.329 e. The number of aliphatic hydroxyl groups is 1. The first-order valence-corrected chi connectivity index (χ1v) is 5.21. The van der Waals surface area contributed by atoms with Crippen LogP contribution in [0.25, 0.3) is 0 Å². The lowest BCUT2D eigenvalue weighted by Gasteiger charge is -2.31. The Balaban J connectivity index is 2.71. The van der Waals surface area contributed by atoms with Gasteiger partial charge in [-0.1, -0.05) is 19.1 Å². The first-order valence-electron chi connectivity index (χ1n) is 5.21. The molecule has 0 aliphatic heterocycles. The number of H-pyrrole nitrogens is 1. The molecular weight excluding hydrogens is 208 g/mol. The van der Waals surface area contributed by atoms with Gasteiger partial charge in [-0.15, -0.1) is 0 Å². The molecule has 16 heavy (non-hydrogen) atoms. The van der Waals surface area contributed by atoms with Crippen molar-refractivity contribution in [2.24, 2.45) is 5.92 Å². The van der Waals surface area contributed by atoms with Crippen LogP contribution in [0.5, 0.6) is 0 Å². The van der Waals surface area contributed by atoms with Gasteiger partial charge in [0.1, 0.15) is 0 Å². The van der Waals surface area contributed by atoms with Crippen molar-refractivity contribution in [2.75, 3.05) is 6.61 Å². The van der Waals surface area contributed by atoms with E-state index in [2.05, 4.69) is 4.98 Å². The summed E-state index contributed by atoms with van der Waals surface area (Å²) in [7, 11) is 0. The summed E-state index contributed by atoms with van der Waals surface area (Å²) >= 11 is 0. The van der Waals surface area contributed by atoms with Gasteiger partial charge in [-0.2, -0.15) is 0 Å². The normalized spacial score (nSPS) is 28.5. The molecule has 5 nitrogen and oxygen atoms in total. The van der Waals surface area contributed by atoms with Gasteiger partial charge in [0.25, 0.3) is 5.56 Å². The summed E-state index contributed by atoms with van der Waals surface area (Å²) in [6, 6.07) is 1.29. The Hall–Kier alpha value is -1.62. The molecule has 0 bridgehead atoms. The van der Waals surface area contributed by atoms with Crippen LogP contribution in [0.2, 0.25) is 0 Å². The van der Waals surface area contributed by atoms with Crippen molar-refractivity contribution in [1.82, 2.24) is 9.55 Å². The third kappa shape index (κ3) is 1.36. The molecule has 0 aromatic carbocycles. The van der Waals surface area contributed by atoms with Crippen molar-refractivity contribution in [1.29, 1.82) is 0 Å². The summed E-state index contributed by atoms with van der Waals surface area (Å²) < 4.78 is 1.10. The van der Waals surface area contributed by atoms with Gasteiger partial charge in [0, 0.05) is 12.3 Å². The highest BCUT2D eigenvalue weighted by Crippen LogP contribution is 2.33. The predicted molar refractivity (Wildman–Crippen MR) is 59.3 cm³/mol. The summed E-state index contributed by atoms with van der Waals surface area (Å²) in [6.07, 6.45) is 5.70. The number of hydrogen-bond donors (Lipinski definition) is 2. The van der Waals surface area contributed by atoms with E-state index in [0.717, 1.165) is 11.0 Å². The van der Waals surface area contributed by atoms with Gasteiger partial charge >= 0.3 is 5.69 Å². The lowest BCUT2D eigenvalue weighted by atomic mass is 9.89. The Labute approximate surface area is 92.1 Å². The fourth-order valence-corrected chi connectivity index (χ4v) is 2.24. The first-order chi connectivity index (χ1) is 7.62. The third-order valence-corrected chi connectivity index (χ3v) is 3.28. The summed E-state index contributed by atoms with van der Waals surface area (Å²) in [5.74, 6) is 0.0266. The highest BCUT2D eigenvalue weighted by atomic mass is 16.3. The van der Waals surface area contributed by atoms with Gasteiger partial charge in [-0.25, -0.2) is 9.36 Å². The van der Waals surface area contributed by atoms with Crippen molar-refractivity contribution in [3.63, 3.8) is 0 Å². The summed E-state index contributed by atoms with van der Waals surface area (Å²) in [5.41, 5.74) is -1.78. The van der Waals surface area contributed by atoms with E-state index < -0.39 is 16.8 Å². The van der Waals surface area contributed by atoms with Gasteiger partial charge in [0.2, 0.25) is 0 Å². The molecule has 2 atom stereocenters. The molecule has 1 aromatic heterocycles. The molecule has 0 spiro atoms. The molecule has 1 aliphatic rings. The summed E-state index contributed by atoms with van der Waals surface area (Å²) in [6.45, 7) is 1.66. The zero-order chi connectivity index (χ0) is 11.8. The van der Waals surface area contributed by atoms with Gasteiger partial charge in [-0.05, 0) is 12.3 Å². The molecule has 0 fully saturated rings. The minimum absolute atomic E-state index is 0.0266. The molecule has 1 aromatic rings. The quantitative estimate of drug-likeness (QED) is 0.682. The van der Waals surface area contributed by atoms with Gasteiger partial charge < -0.3 is 10.1 Å². The van der Waals surface area contributed by atoms with Crippen molar-refractivity contribution >= 4 is 0 Å². The molecule has 1 aliphatic carbocycles. The highest BCUT2D eigenvalue weighted by Gasteiger charge is 2.39. The van der Waals surface area contributed by atoms with Crippen LogP contribution in [-0.4, -0.2) is 21.3 Å². The maximum absolute atomic E-state index is 11.7. The zero-order valence-electron chi connectivity index (χ0n) is 9.01. The Morgan fingerprint density at radius 2 is 2.38 bits per heavy atom. The number of allylic oxidation sites excluding steroid dienone is 1. The van der Waals surface area contributed by atoms with Crippen molar-refractivity contribution < 1.29 is 5.11 Å². The van der Waals surface area contributed by atoms with E-state index in [1.165, 1.54) is 12.3 Å². The largest absolute Gasteiger partial charge is 0.394 e. The van der Waals surface area contributed by atoms with Crippen LogP contribution < -0.4 is 11.2 Å². The number of nitrogens with one attached hydrogen (secondary N) is 1. The Morgan fingerprint density at radius 1 is 1.62 bits per heavy atom. The van der Waals surface area contributed by atoms with Crippen LogP contribution in [-0.2, 0) is 5.54 Å². The number of hydrogen-bond acceptors (Lipinski definition) is 3. The lowest BCUT2D eigenvalue weighted by molar-refractivity contribution is 0.124. The number of rotatable bonds is 2. The Bertz CT molecular complexity index is 500. The Kier molecular flexibility index (Phi) is 2.55. The van der Waals surface area contributed by atoms with E-state index >= 15 is 0 Å². The molecular formula is C11H14N2O3. The second-order valence-corrected chi connectivity index (χ2v) is 4.14. The van der Waals surface area contributed by atoms with E-state index in [1.54, 1.807) is 6.08 Å². The second-order valence-electron chi connectivity index (χ2n) is 4.14. The van der Waals surface area contributed by atoms with Gasteiger partial charge in [0.15, 0.2) is 0 Å². The minimum Gasteiger partial charge on any atom is -0.394 e. The average Bonchev–Trinajstić information content (AvgIpc) is 2.61. The third-order valence-electron chi connectivity index (χ3n) is 3.28. The molecule has 2 N–H and O–H groups in total. The van der Waals surface area contributed by atoms with Crippen LogP contribution in [0.15, 0.2) is 34.0 Å². The van der Waals surface area contributed by atoms with E-state index in [9.17, 15) is 14.7 Å². The maximum Gasteiger partial charge on any atom is 0.329 e. The molecule has 0 saturated heterocycles. The number of aromatic nitrogens is 2. The SMILES string of the molecule is CC1CC=CC1(CO)n1c(=O)cc[nH]c1=O. The number of aliphatic hydroxyl groups excluding tert-OH is 1. The van der Waals surface area contributed by atoms with Gasteiger partial charge in [-0.3, -0.25) is 4.79 Å². The maximum atomic E-state index is 11.7. The lowest BCUT2D eigenvalue weighted by Crippen LogP contribution is -2.52. The molecule has 86 valence electrons. The fourth-order valence-electron chi connectivity index (χ4n) is 2.24. The van der Waals surface area contributed by atoms with E-state index in [-0.39, 0.29) is 12.5 Å². The molecule has 1 heterocycles. The monoisotopic (exact) mass is 222 g/mol. The topological polar surface area (TPSA) is 75.1 Å². The summed E-state index contributed by atoms with van der Waals surface area (Å²) in [4.78, 5) is 25.9. The molecule has 0 amide bonds. The highest BCUT2D eigenvalue weighted by molar-refractivity contribution is 5.15. The Morgan fingerprint density at radius 3 is 2.88 bits per heavy atom. The van der Waals surface area contributed by atoms with Crippen molar-refractivity contribution in [3.05, 3.63) is 45.3 Å². The molecule has 5 heteroatoms. The molecule has 0 saturated carbocycles. The number of nitrogens with zero attached hydrogens (tertiary/aromatic N) is 1. The summed E-state index contributed by atoms with van der Waals surface area (Å²) in [5, 5.41) is 9.53. The average molecular weight is 222 g/mol. The number of aromatic amines is 1. The fraction of sp³-hybridized carbons (Fsp3) is 0.455. The van der Waals surface area contributed by atoms with Crippen LogP contribution >= 0.6 is 0 Å². The molecule has 2 rings (SSSR count). The van der Waals surface area contributed by atoms with E-state index in [0.29, 0.717) is 0 Å². The molecule has 0 radical (unpaired) electrons. The van der Waals surface area contributed by atoms with Crippen LogP contribution in [0.4, 0.5) is 0 Å². The molecule has 2 unspecified atom stereocenters. The van der Waals surface area contributed by atoms with Crippen molar-refractivity contribution in [3.8, 4) is 0 Å². The predicted octanol–water partition coefficient (Wildman–Crippen LogP) is -0.180. The first kappa shape index (κ1) is 10.9. The minimum atomic E-state index is -0.897. The van der Waals surface area contributed by atoms with Crippen molar-refractivity contribution in [2.45, 2.75) is 18.9 Å². The standard InChI is InChI=1S/C11H14N2O3/c1-8-3-2-5-11(8,7-14)13-9(15)4-6-12-10(13)16/h2,4-6,8,14H,3,7H2,1H3,(H,12,16). The van der Waals surface area contributed by atoms with Crippen LogP contribution in [0.1, 0.15) is 13.3 Å². The zero-order valence-corrected chi connectivity index (χ0v) is 9.01. The van der Waals surface area contributed by atoms with Gasteiger partial charge in [0.05, 0.1) is 12.1 Å². The van der Waals surface area contributed by atoms with Crippen LogP contribution in [0, 0.1) is 5.92 Å². The van der Waals surface area contributed by atoms with Crippen LogP contribution in [0.3, 0.4) is 0 Å². The van der Waals surface area contributed by atoms with E-state index in [4.69, 9.17) is 0 Å². The second kappa shape index (κ2) is 3.75. The van der Waals surface area contributed by atoms with E-state index in [1.807, 2.05) is 13.0 Å².